The van der Waals surface area contributed by atoms with Gasteiger partial charge in [0.2, 0.25) is 0 Å². The number of hydrogen-bond acceptors (Lipinski definition) is 3. The highest BCUT2D eigenvalue weighted by Gasteiger charge is 2.12. The van der Waals surface area contributed by atoms with Crippen LogP contribution < -0.4 is 0 Å². The Labute approximate surface area is 155 Å². The van der Waals surface area contributed by atoms with Crippen LogP contribution >= 0.6 is 0 Å². The molecule has 5 nitrogen and oxygen atoms in total. The zero-order valence-corrected chi connectivity index (χ0v) is 14.8. The maximum absolute atomic E-state index is 13.2. The summed E-state index contributed by atoms with van der Waals surface area (Å²) in [6.45, 7) is 3.86. The van der Waals surface area contributed by atoms with E-state index in [4.69, 9.17) is 0 Å². The van der Waals surface area contributed by atoms with Gasteiger partial charge in [0.25, 0.3) is 5.69 Å². The third-order valence-electron chi connectivity index (χ3n) is 4.36. The summed E-state index contributed by atoms with van der Waals surface area (Å²) >= 11 is 0. The first-order valence-corrected chi connectivity index (χ1v) is 8.22. The van der Waals surface area contributed by atoms with Crippen LogP contribution in [-0.2, 0) is 0 Å². The highest BCUT2D eigenvalue weighted by atomic mass is 19.1. The number of aryl methyl sites for hydroxylation is 1. The minimum absolute atomic E-state index is 0.0227. The highest BCUT2D eigenvalue weighted by molar-refractivity contribution is 5.90. The molecular formula is C21H16FN3O2. The van der Waals surface area contributed by atoms with Crippen molar-refractivity contribution in [2.75, 3.05) is 0 Å². The second-order valence-corrected chi connectivity index (χ2v) is 6.11. The number of benzene rings is 2. The monoisotopic (exact) mass is 361 g/mol. The number of hydrogen-bond donors (Lipinski definition) is 0. The van der Waals surface area contributed by atoms with Gasteiger partial charge in [-0.2, -0.15) is 5.26 Å². The maximum atomic E-state index is 13.2. The van der Waals surface area contributed by atoms with Crippen LogP contribution in [0.3, 0.4) is 0 Å². The van der Waals surface area contributed by atoms with E-state index in [-0.39, 0.29) is 11.5 Å². The van der Waals surface area contributed by atoms with Crippen molar-refractivity contribution in [1.29, 1.82) is 5.26 Å². The van der Waals surface area contributed by atoms with E-state index in [2.05, 4.69) is 6.07 Å². The third-order valence-corrected chi connectivity index (χ3v) is 4.36. The molecule has 0 saturated heterocycles. The summed E-state index contributed by atoms with van der Waals surface area (Å²) in [5.41, 5.74) is 4.54. The number of nitro groups is 1. The first-order chi connectivity index (χ1) is 12.9. The maximum Gasteiger partial charge on any atom is 0.269 e. The van der Waals surface area contributed by atoms with Gasteiger partial charge >= 0.3 is 0 Å². The average molecular weight is 361 g/mol. The predicted molar refractivity (Wildman–Crippen MR) is 102 cm³/mol. The lowest BCUT2D eigenvalue weighted by Gasteiger charge is -2.09. The van der Waals surface area contributed by atoms with E-state index in [9.17, 15) is 19.8 Å². The van der Waals surface area contributed by atoms with E-state index in [0.717, 1.165) is 22.6 Å². The smallest absolute Gasteiger partial charge is 0.269 e. The van der Waals surface area contributed by atoms with Crippen LogP contribution in [0.5, 0.6) is 0 Å². The van der Waals surface area contributed by atoms with Crippen molar-refractivity contribution >= 4 is 17.3 Å². The Balaban J connectivity index is 2.03. The molecule has 0 unspecified atom stereocenters. The van der Waals surface area contributed by atoms with Gasteiger partial charge in [-0.3, -0.25) is 10.1 Å². The lowest BCUT2D eigenvalue weighted by atomic mass is 10.0. The van der Waals surface area contributed by atoms with Gasteiger partial charge in [-0.25, -0.2) is 4.39 Å². The number of rotatable bonds is 4. The first kappa shape index (κ1) is 18.1. The lowest BCUT2D eigenvalue weighted by Crippen LogP contribution is -1.99. The standard InChI is InChI=1S/C21H16FN3O2/c1-14-11-17(15(2)24(14)20-9-5-19(22)6-10-20)12-18(13-23)16-3-7-21(8-4-16)25(26)27/h3-12H,1-2H3/b18-12-. The lowest BCUT2D eigenvalue weighted by molar-refractivity contribution is -0.384. The molecule has 2 aromatic carbocycles. The fraction of sp³-hybridized carbons (Fsp3) is 0.0952. The average Bonchev–Trinajstić information content (AvgIpc) is 2.94. The first-order valence-electron chi connectivity index (χ1n) is 8.22. The van der Waals surface area contributed by atoms with Crippen LogP contribution in [0.2, 0.25) is 0 Å². The zero-order valence-electron chi connectivity index (χ0n) is 14.8. The van der Waals surface area contributed by atoms with Gasteiger partial charge in [0.15, 0.2) is 0 Å². The zero-order chi connectivity index (χ0) is 19.6. The molecular weight excluding hydrogens is 345 g/mol. The second-order valence-electron chi connectivity index (χ2n) is 6.11. The van der Waals surface area contributed by atoms with Gasteiger partial charge in [-0.05, 0) is 73.5 Å². The fourth-order valence-electron chi connectivity index (χ4n) is 3.02. The predicted octanol–water partition coefficient (Wildman–Crippen LogP) is 5.21. The molecule has 6 heteroatoms. The van der Waals surface area contributed by atoms with E-state index in [1.165, 1.54) is 24.3 Å². The molecule has 1 aromatic heterocycles. The number of nitriles is 1. The summed E-state index contributed by atoms with van der Waals surface area (Å²) in [6.07, 6.45) is 1.75. The number of nitrogens with zero attached hydrogens (tertiary/aromatic N) is 3. The van der Waals surface area contributed by atoms with Crippen molar-refractivity contribution in [3.8, 4) is 11.8 Å². The van der Waals surface area contributed by atoms with Gasteiger partial charge in [-0.15, -0.1) is 0 Å². The molecule has 134 valence electrons. The Hall–Kier alpha value is -3.72. The molecule has 0 amide bonds. The summed E-state index contributed by atoms with van der Waals surface area (Å²) < 4.78 is 15.2. The molecule has 1 heterocycles. The minimum Gasteiger partial charge on any atom is -0.318 e. The Morgan fingerprint density at radius 1 is 1.15 bits per heavy atom. The number of nitro benzene ring substituents is 1. The van der Waals surface area contributed by atoms with E-state index in [0.29, 0.717) is 11.1 Å². The molecule has 0 radical (unpaired) electrons. The Morgan fingerprint density at radius 2 is 1.78 bits per heavy atom. The van der Waals surface area contributed by atoms with Gasteiger partial charge in [-0.1, -0.05) is 0 Å². The van der Waals surface area contributed by atoms with Crippen molar-refractivity contribution < 1.29 is 9.31 Å². The van der Waals surface area contributed by atoms with Gasteiger partial charge in [0.05, 0.1) is 16.6 Å². The van der Waals surface area contributed by atoms with Crippen molar-refractivity contribution in [3.05, 3.63) is 93.0 Å². The summed E-state index contributed by atoms with van der Waals surface area (Å²) in [4.78, 5) is 10.3. The number of halogens is 1. The number of allylic oxidation sites excluding steroid dienone is 1. The van der Waals surface area contributed by atoms with E-state index >= 15 is 0 Å². The molecule has 0 N–H and O–H groups in total. The molecule has 3 aromatic rings. The molecule has 0 atom stereocenters. The molecule has 0 aliphatic carbocycles. The summed E-state index contributed by atoms with van der Waals surface area (Å²) in [7, 11) is 0. The van der Waals surface area contributed by atoms with Gasteiger partial charge in [0, 0.05) is 29.2 Å². The summed E-state index contributed by atoms with van der Waals surface area (Å²) in [6, 6.07) is 16.2. The van der Waals surface area contributed by atoms with Crippen LogP contribution in [-0.4, -0.2) is 9.49 Å². The largest absolute Gasteiger partial charge is 0.318 e. The minimum atomic E-state index is -0.476. The topological polar surface area (TPSA) is 71.9 Å². The second kappa shape index (κ2) is 7.26. The summed E-state index contributed by atoms with van der Waals surface area (Å²) in [5, 5.41) is 20.3. The van der Waals surface area contributed by atoms with E-state index < -0.39 is 4.92 Å². The molecule has 0 spiro atoms. The van der Waals surface area contributed by atoms with Crippen LogP contribution in [0.1, 0.15) is 22.5 Å². The van der Waals surface area contributed by atoms with Crippen LogP contribution in [0.15, 0.2) is 54.6 Å². The summed E-state index contributed by atoms with van der Waals surface area (Å²) in [5.74, 6) is -0.300. The van der Waals surface area contributed by atoms with Gasteiger partial charge < -0.3 is 4.57 Å². The molecule has 0 bridgehead atoms. The normalized spacial score (nSPS) is 11.3. The Bertz CT molecular complexity index is 1070. The van der Waals surface area contributed by atoms with E-state index in [1.54, 1.807) is 30.3 Å². The molecule has 0 saturated carbocycles. The number of aromatic nitrogens is 1. The quantitative estimate of drug-likeness (QED) is 0.364. The molecule has 3 rings (SSSR count). The van der Waals surface area contributed by atoms with Crippen molar-refractivity contribution in [3.63, 3.8) is 0 Å². The Kier molecular flexibility index (Phi) is 4.86. The van der Waals surface area contributed by atoms with Crippen LogP contribution in [0.4, 0.5) is 10.1 Å². The Morgan fingerprint density at radius 3 is 2.33 bits per heavy atom. The van der Waals surface area contributed by atoms with Crippen LogP contribution in [0.25, 0.3) is 17.3 Å². The van der Waals surface area contributed by atoms with Gasteiger partial charge in [0.1, 0.15) is 5.82 Å². The van der Waals surface area contributed by atoms with Crippen molar-refractivity contribution in [1.82, 2.24) is 4.57 Å². The van der Waals surface area contributed by atoms with Crippen molar-refractivity contribution in [2.24, 2.45) is 0 Å². The van der Waals surface area contributed by atoms with E-state index in [1.807, 2.05) is 24.5 Å². The highest BCUT2D eigenvalue weighted by Crippen LogP contribution is 2.26. The molecule has 0 aliphatic rings. The fourth-order valence-corrected chi connectivity index (χ4v) is 3.02. The van der Waals surface area contributed by atoms with Crippen molar-refractivity contribution in [2.45, 2.75) is 13.8 Å². The molecule has 0 aliphatic heterocycles. The molecule has 0 fully saturated rings. The van der Waals surface area contributed by atoms with Crippen LogP contribution in [0, 0.1) is 41.1 Å². The SMILES string of the molecule is Cc1cc(/C=C(/C#N)c2ccc([N+](=O)[O-])cc2)c(C)n1-c1ccc(F)cc1. The number of non-ortho nitro benzene ring substituents is 1. The third kappa shape index (κ3) is 3.62. The molecule has 27 heavy (non-hydrogen) atoms.